The Morgan fingerprint density at radius 3 is 2.55 bits per heavy atom. The number of nitrogens with one attached hydrogen (secondary N) is 1. The molecule has 4 nitrogen and oxygen atoms in total. The molecule has 2 aromatic rings. The molecule has 0 amide bonds. The predicted molar refractivity (Wildman–Crippen MR) is 80.7 cm³/mol. The van der Waals surface area contributed by atoms with E-state index < -0.39 is 0 Å². The Morgan fingerprint density at radius 2 is 1.85 bits per heavy atom. The number of aromatic nitrogens is 1. The van der Waals surface area contributed by atoms with Crippen molar-refractivity contribution in [3.05, 3.63) is 24.4 Å². The summed E-state index contributed by atoms with van der Waals surface area (Å²) < 4.78 is 11.3. The lowest BCUT2D eigenvalue weighted by Crippen LogP contribution is -2.18. The van der Waals surface area contributed by atoms with Gasteiger partial charge < -0.3 is 14.8 Å². The van der Waals surface area contributed by atoms with E-state index in [4.69, 9.17) is 9.47 Å². The Kier molecular flexibility index (Phi) is 3.63. The molecule has 1 aliphatic rings. The molecule has 0 fully saturated rings. The fourth-order valence-electron chi connectivity index (χ4n) is 2.51. The van der Waals surface area contributed by atoms with Gasteiger partial charge in [0.05, 0.1) is 0 Å². The van der Waals surface area contributed by atoms with Crippen LogP contribution in [0.15, 0.2) is 24.4 Å². The van der Waals surface area contributed by atoms with Gasteiger partial charge in [-0.3, -0.25) is 0 Å². The lowest BCUT2D eigenvalue weighted by Gasteiger charge is -2.21. The molecule has 0 saturated carbocycles. The van der Waals surface area contributed by atoms with Gasteiger partial charge >= 0.3 is 0 Å². The third kappa shape index (κ3) is 2.38. The van der Waals surface area contributed by atoms with Gasteiger partial charge in [-0.1, -0.05) is 13.8 Å². The predicted octanol–water partition coefficient (Wildman–Crippen LogP) is 3.61. The lowest BCUT2D eigenvalue weighted by atomic mass is 10.1. The zero-order valence-electron chi connectivity index (χ0n) is 12.0. The number of benzene rings is 1. The van der Waals surface area contributed by atoms with Crippen molar-refractivity contribution in [1.29, 1.82) is 0 Å². The Morgan fingerprint density at radius 1 is 1.15 bits per heavy atom. The molecule has 0 saturated heterocycles. The number of hydrogen-bond acceptors (Lipinski definition) is 4. The topological polar surface area (TPSA) is 43.4 Å². The maximum absolute atomic E-state index is 5.66. The van der Waals surface area contributed by atoms with Crippen LogP contribution in [0, 0.1) is 0 Å². The van der Waals surface area contributed by atoms with Crippen LogP contribution >= 0.6 is 0 Å². The number of hydrogen-bond donors (Lipinski definition) is 1. The molecule has 0 atom stereocenters. The molecule has 0 unspecified atom stereocenters. The summed E-state index contributed by atoms with van der Waals surface area (Å²) in [4.78, 5) is 4.48. The maximum Gasteiger partial charge on any atom is 0.162 e. The highest BCUT2D eigenvalue weighted by Crippen LogP contribution is 2.36. The summed E-state index contributed by atoms with van der Waals surface area (Å²) in [6.45, 7) is 5.59. The van der Waals surface area contributed by atoms with Crippen molar-refractivity contribution >= 4 is 16.6 Å². The Bertz CT molecular complexity index is 609. The molecule has 3 rings (SSSR count). The Balaban J connectivity index is 2.04. The second-order valence-electron chi connectivity index (χ2n) is 5.03. The first kappa shape index (κ1) is 13.0. The minimum absolute atomic E-state index is 0.446. The molecule has 4 heteroatoms. The van der Waals surface area contributed by atoms with E-state index in [-0.39, 0.29) is 0 Å². The number of rotatable bonds is 4. The van der Waals surface area contributed by atoms with Gasteiger partial charge in [-0.15, -0.1) is 0 Å². The van der Waals surface area contributed by atoms with Gasteiger partial charge in [0.15, 0.2) is 11.5 Å². The number of ether oxygens (including phenoxy) is 2. The third-order valence-corrected chi connectivity index (χ3v) is 3.75. The van der Waals surface area contributed by atoms with Gasteiger partial charge in [-0.25, -0.2) is 4.98 Å². The molecule has 0 spiro atoms. The van der Waals surface area contributed by atoms with Gasteiger partial charge in [0.1, 0.15) is 19.0 Å². The van der Waals surface area contributed by atoms with E-state index in [0.717, 1.165) is 40.9 Å². The van der Waals surface area contributed by atoms with E-state index in [1.165, 1.54) is 0 Å². The molecule has 20 heavy (non-hydrogen) atoms. The third-order valence-electron chi connectivity index (χ3n) is 3.75. The van der Waals surface area contributed by atoms with E-state index >= 15 is 0 Å². The van der Waals surface area contributed by atoms with Crippen molar-refractivity contribution in [2.45, 2.75) is 32.7 Å². The van der Waals surface area contributed by atoms with Crippen LogP contribution in [0.4, 0.5) is 5.82 Å². The van der Waals surface area contributed by atoms with Crippen LogP contribution in [0.5, 0.6) is 11.5 Å². The average molecular weight is 272 g/mol. The average Bonchev–Trinajstić information content (AvgIpc) is 2.50. The zero-order valence-corrected chi connectivity index (χ0v) is 12.0. The summed E-state index contributed by atoms with van der Waals surface area (Å²) in [7, 11) is 0. The van der Waals surface area contributed by atoms with Crippen LogP contribution in [0.1, 0.15) is 26.7 Å². The van der Waals surface area contributed by atoms with Crippen molar-refractivity contribution in [3.8, 4) is 11.5 Å². The first-order valence-corrected chi connectivity index (χ1v) is 7.26. The molecule has 1 aromatic heterocycles. The first-order chi connectivity index (χ1) is 9.81. The van der Waals surface area contributed by atoms with Crippen LogP contribution in [0.3, 0.4) is 0 Å². The van der Waals surface area contributed by atoms with Gasteiger partial charge in [-0.05, 0) is 36.4 Å². The van der Waals surface area contributed by atoms with E-state index in [9.17, 15) is 0 Å². The van der Waals surface area contributed by atoms with E-state index in [0.29, 0.717) is 19.3 Å². The summed E-state index contributed by atoms with van der Waals surface area (Å²) >= 11 is 0. The molecular weight excluding hydrogens is 252 g/mol. The van der Waals surface area contributed by atoms with Crippen LogP contribution in [0.25, 0.3) is 10.8 Å². The van der Waals surface area contributed by atoms with E-state index in [1.54, 1.807) is 0 Å². The highest BCUT2D eigenvalue weighted by molar-refractivity contribution is 5.94. The quantitative estimate of drug-likeness (QED) is 0.923. The smallest absolute Gasteiger partial charge is 0.162 e. The normalized spacial score (nSPS) is 13.8. The van der Waals surface area contributed by atoms with Gasteiger partial charge in [0.25, 0.3) is 0 Å². The Labute approximate surface area is 119 Å². The van der Waals surface area contributed by atoms with Gasteiger partial charge in [0, 0.05) is 17.6 Å². The number of anilines is 1. The molecule has 2 heterocycles. The largest absolute Gasteiger partial charge is 0.486 e. The van der Waals surface area contributed by atoms with Crippen molar-refractivity contribution in [2.24, 2.45) is 0 Å². The fourth-order valence-corrected chi connectivity index (χ4v) is 2.51. The van der Waals surface area contributed by atoms with Crippen LogP contribution in [0.2, 0.25) is 0 Å². The number of pyridine rings is 1. The monoisotopic (exact) mass is 272 g/mol. The second-order valence-corrected chi connectivity index (χ2v) is 5.03. The molecule has 0 bridgehead atoms. The molecule has 1 N–H and O–H groups in total. The highest BCUT2D eigenvalue weighted by atomic mass is 16.6. The lowest BCUT2D eigenvalue weighted by molar-refractivity contribution is 0.172. The molecule has 1 aliphatic heterocycles. The van der Waals surface area contributed by atoms with Gasteiger partial charge in [-0.2, -0.15) is 0 Å². The van der Waals surface area contributed by atoms with Crippen LogP contribution in [-0.2, 0) is 0 Å². The Hall–Kier alpha value is -1.97. The zero-order chi connectivity index (χ0) is 13.9. The second kappa shape index (κ2) is 5.57. The summed E-state index contributed by atoms with van der Waals surface area (Å²) in [5.41, 5.74) is 0. The minimum Gasteiger partial charge on any atom is -0.486 e. The van der Waals surface area contributed by atoms with Crippen molar-refractivity contribution in [2.75, 3.05) is 18.5 Å². The van der Waals surface area contributed by atoms with E-state index in [1.807, 2.05) is 24.4 Å². The van der Waals surface area contributed by atoms with Crippen molar-refractivity contribution in [1.82, 2.24) is 4.98 Å². The molecule has 0 aliphatic carbocycles. The maximum atomic E-state index is 5.66. The summed E-state index contributed by atoms with van der Waals surface area (Å²) in [6.07, 6.45) is 4.00. The first-order valence-electron chi connectivity index (χ1n) is 7.26. The summed E-state index contributed by atoms with van der Waals surface area (Å²) in [5.74, 6) is 2.56. The van der Waals surface area contributed by atoms with Gasteiger partial charge in [0.2, 0.25) is 0 Å². The van der Waals surface area contributed by atoms with E-state index in [2.05, 4.69) is 24.1 Å². The molecule has 1 aromatic carbocycles. The number of nitrogens with zero attached hydrogens (tertiary/aromatic N) is 1. The number of fused-ring (bicyclic) bond motifs is 2. The summed E-state index contributed by atoms with van der Waals surface area (Å²) in [6, 6.07) is 6.51. The molecule has 106 valence electrons. The molecule has 0 radical (unpaired) electrons. The highest BCUT2D eigenvalue weighted by Gasteiger charge is 2.15. The van der Waals surface area contributed by atoms with Crippen molar-refractivity contribution in [3.63, 3.8) is 0 Å². The summed E-state index contributed by atoms with van der Waals surface area (Å²) in [5, 5.41) is 5.73. The fraction of sp³-hybridized carbons (Fsp3) is 0.438. The minimum atomic E-state index is 0.446. The van der Waals surface area contributed by atoms with Crippen molar-refractivity contribution < 1.29 is 9.47 Å². The van der Waals surface area contributed by atoms with Crippen LogP contribution in [-0.4, -0.2) is 24.2 Å². The van der Waals surface area contributed by atoms with Crippen LogP contribution < -0.4 is 14.8 Å². The standard InChI is InChI=1S/C16H20N2O2/c1-3-12(4-2)18-16-13-10-15-14(19-7-8-20-15)9-11(13)5-6-17-16/h5-6,9-10,12H,3-4,7-8H2,1-2H3,(H,17,18). The SMILES string of the molecule is CCC(CC)Nc1nccc2cc3c(cc12)OCCO3. The molecular formula is C16H20N2O2.